The minimum atomic E-state index is -0.781. The van der Waals surface area contributed by atoms with E-state index in [1.54, 1.807) is 18.7 Å². The zero-order valence-electron chi connectivity index (χ0n) is 18.3. The molecule has 5 nitrogen and oxygen atoms in total. The van der Waals surface area contributed by atoms with Crippen LogP contribution in [0, 0.1) is 17.6 Å². The lowest BCUT2D eigenvalue weighted by molar-refractivity contribution is 0.114. The number of aliphatic hydroxyl groups excluding tert-OH is 1. The lowest BCUT2D eigenvalue weighted by Crippen LogP contribution is -2.33. The maximum Gasteiger partial charge on any atom is 0.222 e. The van der Waals surface area contributed by atoms with E-state index in [4.69, 9.17) is 4.74 Å². The van der Waals surface area contributed by atoms with Crippen molar-refractivity contribution in [3.63, 3.8) is 0 Å². The van der Waals surface area contributed by atoms with Gasteiger partial charge in [-0.05, 0) is 25.0 Å². The SMILES string of the molecule is CC(C)CN(Cc1c(-c2ccccc2)nn(C)c1Oc1ccc(F)cc1F)C[C@H](C)O. The van der Waals surface area contributed by atoms with Crippen LogP contribution in [0.5, 0.6) is 11.6 Å². The van der Waals surface area contributed by atoms with Gasteiger partial charge in [-0.3, -0.25) is 4.90 Å². The summed E-state index contributed by atoms with van der Waals surface area (Å²) in [6, 6.07) is 12.9. The summed E-state index contributed by atoms with van der Waals surface area (Å²) >= 11 is 0. The average molecular weight is 430 g/mol. The smallest absolute Gasteiger partial charge is 0.222 e. The number of aryl methyl sites for hydroxylation is 1. The van der Waals surface area contributed by atoms with E-state index in [-0.39, 0.29) is 5.75 Å². The molecule has 0 spiro atoms. The molecule has 166 valence electrons. The Labute approximate surface area is 181 Å². The van der Waals surface area contributed by atoms with Crippen LogP contribution in [0.15, 0.2) is 48.5 Å². The number of aliphatic hydroxyl groups is 1. The molecular weight excluding hydrogens is 400 g/mol. The molecule has 0 saturated carbocycles. The second kappa shape index (κ2) is 10.0. The zero-order chi connectivity index (χ0) is 22.5. The van der Waals surface area contributed by atoms with Gasteiger partial charge in [-0.1, -0.05) is 44.2 Å². The Morgan fingerprint density at radius 3 is 2.39 bits per heavy atom. The van der Waals surface area contributed by atoms with Gasteiger partial charge >= 0.3 is 0 Å². The molecule has 1 N–H and O–H groups in total. The minimum Gasteiger partial charge on any atom is -0.436 e. The highest BCUT2D eigenvalue weighted by Crippen LogP contribution is 2.35. The van der Waals surface area contributed by atoms with E-state index >= 15 is 0 Å². The minimum absolute atomic E-state index is 0.0730. The fraction of sp³-hybridized carbons (Fsp3) is 0.375. The largest absolute Gasteiger partial charge is 0.436 e. The monoisotopic (exact) mass is 429 g/mol. The van der Waals surface area contributed by atoms with E-state index in [0.29, 0.717) is 24.9 Å². The molecule has 0 bridgehead atoms. The van der Waals surface area contributed by atoms with Crippen molar-refractivity contribution < 1.29 is 18.6 Å². The molecule has 3 aromatic rings. The molecular formula is C24H29F2N3O2. The predicted octanol–water partition coefficient (Wildman–Crippen LogP) is 5.00. The summed E-state index contributed by atoms with van der Waals surface area (Å²) in [5.41, 5.74) is 2.41. The van der Waals surface area contributed by atoms with Crippen LogP contribution in [0.3, 0.4) is 0 Å². The number of aromatic nitrogens is 2. The number of benzene rings is 2. The first-order valence-corrected chi connectivity index (χ1v) is 10.4. The van der Waals surface area contributed by atoms with Crippen molar-refractivity contribution in [2.45, 2.75) is 33.4 Å². The number of hydrogen-bond donors (Lipinski definition) is 1. The quantitative estimate of drug-likeness (QED) is 0.520. The molecule has 0 amide bonds. The van der Waals surface area contributed by atoms with E-state index in [9.17, 15) is 13.9 Å². The fourth-order valence-corrected chi connectivity index (χ4v) is 3.63. The van der Waals surface area contributed by atoms with Crippen LogP contribution in [0.1, 0.15) is 26.3 Å². The maximum atomic E-state index is 14.3. The number of halogens is 2. The molecule has 0 aliphatic carbocycles. The van der Waals surface area contributed by atoms with Crippen LogP contribution in [0.2, 0.25) is 0 Å². The van der Waals surface area contributed by atoms with E-state index in [1.807, 2.05) is 30.3 Å². The average Bonchev–Trinajstić information content (AvgIpc) is 2.99. The molecule has 0 unspecified atom stereocenters. The Balaban J connectivity index is 2.06. The van der Waals surface area contributed by atoms with Gasteiger partial charge in [0.05, 0.1) is 11.7 Å². The van der Waals surface area contributed by atoms with Crippen LogP contribution in [-0.2, 0) is 13.6 Å². The Bertz CT molecular complexity index is 994. The Morgan fingerprint density at radius 1 is 1.06 bits per heavy atom. The van der Waals surface area contributed by atoms with Crippen molar-refractivity contribution >= 4 is 0 Å². The highest BCUT2D eigenvalue weighted by atomic mass is 19.1. The first-order valence-electron chi connectivity index (χ1n) is 10.4. The molecule has 0 aliphatic rings. The van der Waals surface area contributed by atoms with Crippen LogP contribution in [0.25, 0.3) is 11.3 Å². The lowest BCUT2D eigenvalue weighted by atomic mass is 10.1. The van der Waals surface area contributed by atoms with Gasteiger partial charge in [0.2, 0.25) is 5.88 Å². The van der Waals surface area contributed by atoms with Gasteiger partial charge in [-0.2, -0.15) is 5.10 Å². The number of hydrogen-bond acceptors (Lipinski definition) is 4. The van der Waals surface area contributed by atoms with Crippen molar-refractivity contribution in [2.24, 2.45) is 13.0 Å². The fourth-order valence-electron chi connectivity index (χ4n) is 3.63. The van der Waals surface area contributed by atoms with Crippen LogP contribution in [0.4, 0.5) is 8.78 Å². The van der Waals surface area contributed by atoms with Gasteiger partial charge in [-0.25, -0.2) is 13.5 Å². The van der Waals surface area contributed by atoms with E-state index < -0.39 is 17.7 Å². The summed E-state index contributed by atoms with van der Waals surface area (Å²) in [6.07, 6.45) is -0.505. The van der Waals surface area contributed by atoms with Crippen molar-refractivity contribution in [2.75, 3.05) is 13.1 Å². The predicted molar refractivity (Wildman–Crippen MR) is 117 cm³/mol. The molecule has 31 heavy (non-hydrogen) atoms. The van der Waals surface area contributed by atoms with Crippen molar-refractivity contribution in [1.82, 2.24) is 14.7 Å². The third kappa shape index (κ3) is 5.89. The second-order valence-corrected chi connectivity index (χ2v) is 8.24. The van der Waals surface area contributed by atoms with Crippen LogP contribution in [-0.4, -0.2) is 39.0 Å². The molecule has 7 heteroatoms. The van der Waals surface area contributed by atoms with Crippen LogP contribution >= 0.6 is 0 Å². The molecule has 0 aliphatic heterocycles. The lowest BCUT2D eigenvalue weighted by Gasteiger charge is -2.26. The molecule has 2 aromatic carbocycles. The zero-order valence-corrected chi connectivity index (χ0v) is 18.3. The Morgan fingerprint density at radius 2 is 1.77 bits per heavy atom. The number of rotatable bonds is 9. The normalized spacial score (nSPS) is 12.5. The Hall–Kier alpha value is -2.77. The van der Waals surface area contributed by atoms with E-state index in [1.165, 1.54) is 6.07 Å². The second-order valence-electron chi connectivity index (χ2n) is 8.24. The summed E-state index contributed by atoms with van der Waals surface area (Å²) in [5, 5.41) is 14.6. The molecule has 1 atom stereocenters. The van der Waals surface area contributed by atoms with Gasteiger partial charge < -0.3 is 9.84 Å². The van der Waals surface area contributed by atoms with Gasteiger partial charge in [0.1, 0.15) is 11.5 Å². The molecule has 1 heterocycles. The summed E-state index contributed by atoms with van der Waals surface area (Å²) in [7, 11) is 1.73. The number of ether oxygens (including phenoxy) is 1. The summed E-state index contributed by atoms with van der Waals surface area (Å²) in [5.74, 6) is -0.758. The first-order chi connectivity index (χ1) is 14.7. The summed E-state index contributed by atoms with van der Waals surface area (Å²) in [4.78, 5) is 2.13. The third-order valence-corrected chi connectivity index (χ3v) is 4.76. The molecule has 0 saturated heterocycles. The molecule has 0 radical (unpaired) electrons. The van der Waals surface area contributed by atoms with E-state index in [2.05, 4.69) is 23.8 Å². The van der Waals surface area contributed by atoms with Gasteiger partial charge in [-0.15, -0.1) is 0 Å². The van der Waals surface area contributed by atoms with Crippen LogP contribution < -0.4 is 4.74 Å². The van der Waals surface area contributed by atoms with E-state index in [0.717, 1.165) is 35.5 Å². The van der Waals surface area contributed by atoms with Gasteiger partial charge in [0, 0.05) is 38.3 Å². The molecule has 3 rings (SSSR count). The number of nitrogens with zero attached hydrogens (tertiary/aromatic N) is 3. The first kappa shape index (κ1) is 22.9. The van der Waals surface area contributed by atoms with Crippen molar-refractivity contribution in [1.29, 1.82) is 0 Å². The molecule has 0 fully saturated rings. The van der Waals surface area contributed by atoms with Gasteiger partial charge in [0.25, 0.3) is 0 Å². The summed E-state index contributed by atoms with van der Waals surface area (Å²) in [6.45, 7) is 7.67. The Kier molecular flexibility index (Phi) is 7.41. The van der Waals surface area contributed by atoms with Gasteiger partial charge in [0.15, 0.2) is 11.6 Å². The highest BCUT2D eigenvalue weighted by molar-refractivity contribution is 5.65. The topological polar surface area (TPSA) is 50.5 Å². The van der Waals surface area contributed by atoms with Crippen molar-refractivity contribution in [3.05, 3.63) is 65.7 Å². The summed E-state index contributed by atoms with van der Waals surface area (Å²) < 4.78 is 35.1. The third-order valence-electron chi connectivity index (χ3n) is 4.76. The molecule has 1 aromatic heterocycles. The van der Waals surface area contributed by atoms with Crippen molar-refractivity contribution in [3.8, 4) is 22.9 Å². The highest BCUT2D eigenvalue weighted by Gasteiger charge is 2.24. The standard InChI is InChI=1S/C24H29F2N3O2/c1-16(2)13-29(14-17(3)30)15-20-23(18-8-6-5-7-9-18)27-28(4)24(20)31-22-11-10-19(25)12-21(22)26/h5-12,16-17,30H,13-15H2,1-4H3/t17-/m0/s1. The maximum absolute atomic E-state index is 14.3.